The molecule has 0 radical (unpaired) electrons. The third-order valence-electron chi connectivity index (χ3n) is 10.5. The fourth-order valence-corrected chi connectivity index (χ4v) is 7.98. The number of fused-ring (bicyclic) bond motifs is 4. The molecule has 0 saturated heterocycles. The van der Waals surface area contributed by atoms with Crippen LogP contribution in [-0.2, 0) is 0 Å². The van der Waals surface area contributed by atoms with E-state index in [9.17, 15) is 0 Å². The van der Waals surface area contributed by atoms with Gasteiger partial charge in [-0.05, 0) is 97.7 Å². The van der Waals surface area contributed by atoms with Gasteiger partial charge in [-0.1, -0.05) is 170 Å². The molecule has 10 aromatic rings. The summed E-state index contributed by atoms with van der Waals surface area (Å²) in [4.78, 5) is 2.36. The van der Waals surface area contributed by atoms with Crippen molar-refractivity contribution in [2.75, 3.05) is 4.90 Å². The van der Waals surface area contributed by atoms with E-state index >= 15 is 0 Å². The summed E-state index contributed by atoms with van der Waals surface area (Å²) in [6.07, 6.45) is 0. The van der Waals surface area contributed by atoms with E-state index in [1.807, 2.05) is 12.1 Å². The Morgan fingerprint density at radius 1 is 0.315 bits per heavy atom. The number of anilines is 3. The van der Waals surface area contributed by atoms with E-state index < -0.39 is 0 Å². The second-order valence-corrected chi connectivity index (χ2v) is 13.7. The largest absolute Gasteiger partial charge is 0.456 e. The Balaban J connectivity index is 1.12. The summed E-state index contributed by atoms with van der Waals surface area (Å²) in [6.45, 7) is 0. The van der Waals surface area contributed by atoms with Gasteiger partial charge in [0.2, 0.25) is 0 Å². The van der Waals surface area contributed by atoms with Gasteiger partial charge in [-0.15, -0.1) is 0 Å². The van der Waals surface area contributed by atoms with Crippen molar-refractivity contribution in [3.05, 3.63) is 212 Å². The molecule has 0 spiro atoms. The molecule has 254 valence electrons. The Morgan fingerprint density at radius 2 is 0.833 bits per heavy atom. The minimum atomic E-state index is 0.868. The number of nitrogens with zero attached hydrogens (tertiary/aromatic N) is 1. The first-order valence-electron chi connectivity index (χ1n) is 18.4. The molecule has 0 fully saturated rings. The number of para-hydroxylation sites is 1. The van der Waals surface area contributed by atoms with Crippen LogP contribution >= 0.6 is 0 Å². The summed E-state index contributed by atoms with van der Waals surface area (Å²) in [5.74, 6) is 0. The molecule has 2 nitrogen and oxygen atoms in total. The molecule has 0 amide bonds. The highest BCUT2D eigenvalue weighted by Gasteiger charge is 2.20. The normalized spacial score (nSPS) is 11.3. The van der Waals surface area contributed by atoms with Crippen molar-refractivity contribution < 1.29 is 4.42 Å². The molecule has 10 rings (SSSR count). The first-order valence-corrected chi connectivity index (χ1v) is 18.4. The van der Waals surface area contributed by atoms with Gasteiger partial charge in [0.05, 0.1) is 11.1 Å². The van der Waals surface area contributed by atoms with Crippen LogP contribution in [0.2, 0.25) is 0 Å². The zero-order valence-corrected chi connectivity index (χ0v) is 29.6. The van der Waals surface area contributed by atoms with Crippen molar-refractivity contribution in [2.24, 2.45) is 0 Å². The summed E-state index contributed by atoms with van der Waals surface area (Å²) >= 11 is 0. The van der Waals surface area contributed by atoms with Crippen molar-refractivity contribution in [3.8, 4) is 44.5 Å². The van der Waals surface area contributed by atoms with E-state index in [2.05, 4.69) is 205 Å². The number of rotatable bonds is 7. The number of furan rings is 1. The first kappa shape index (κ1) is 31.6. The van der Waals surface area contributed by atoms with Crippen LogP contribution in [0.5, 0.6) is 0 Å². The van der Waals surface area contributed by atoms with Gasteiger partial charge in [-0.25, -0.2) is 0 Å². The maximum Gasteiger partial charge on any atom is 0.137 e. The van der Waals surface area contributed by atoms with E-state index in [1.165, 1.54) is 55.3 Å². The minimum Gasteiger partial charge on any atom is -0.456 e. The van der Waals surface area contributed by atoms with Crippen LogP contribution in [0.1, 0.15) is 0 Å². The van der Waals surface area contributed by atoms with Gasteiger partial charge in [-0.2, -0.15) is 0 Å². The topological polar surface area (TPSA) is 16.4 Å². The van der Waals surface area contributed by atoms with Crippen LogP contribution in [0.3, 0.4) is 0 Å². The highest BCUT2D eigenvalue weighted by Crippen LogP contribution is 2.45. The summed E-state index contributed by atoms with van der Waals surface area (Å²) in [5.41, 5.74) is 14.6. The predicted molar refractivity (Wildman–Crippen MR) is 228 cm³/mol. The molecule has 0 aliphatic carbocycles. The van der Waals surface area contributed by atoms with Gasteiger partial charge in [0, 0.05) is 16.8 Å². The van der Waals surface area contributed by atoms with E-state index in [0.717, 1.165) is 39.0 Å². The highest BCUT2D eigenvalue weighted by molar-refractivity contribution is 6.13. The molecule has 0 saturated carbocycles. The zero-order valence-electron chi connectivity index (χ0n) is 29.6. The molecule has 0 unspecified atom stereocenters. The van der Waals surface area contributed by atoms with Gasteiger partial charge in [0.1, 0.15) is 11.2 Å². The molecule has 0 atom stereocenters. The molecule has 9 aromatic carbocycles. The smallest absolute Gasteiger partial charge is 0.137 e. The summed E-state index contributed by atoms with van der Waals surface area (Å²) in [7, 11) is 0. The predicted octanol–water partition coefficient (Wildman–Crippen LogP) is 14.9. The standard InChI is InChI=1S/C52H35NO/c1-3-14-36(15-4-1)43-19-9-10-20-44(43)38-26-31-41(32-27-38)53(48-23-13-25-50-52(48)47-22-11-12-24-49(47)54-50)42-33-28-39(29-34-42)46-35-30-37-16-7-8-21-45(37)51(46)40-17-5-2-6-18-40/h1-35H. The van der Waals surface area contributed by atoms with Crippen molar-refractivity contribution in [1.29, 1.82) is 0 Å². The van der Waals surface area contributed by atoms with Gasteiger partial charge >= 0.3 is 0 Å². The zero-order chi connectivity index (χ0) is 35.8. The van der Waals surface area contributed by atoms with Crippen molar-refractivity contribution in [2.45, 2.75) is 0 Å². The second kappa shape index (κ2) is 13.4. The Bertz CT molecular complexity index is 2910. The summed E-state index contributed by atoms with van der Waals surface area (Å²) in [5, 5.41) is 4.68. The summed E-state index contributed by atoms with van der Waals surface area (Å²) < 4.78 is 6.39. The Kier molecular flexibility index (Phi) is 7.85. The maximum atomic E-state index is 6.39. The Labute approximate surface area is 314 Å². The number of benzene rings is 9. The number of hydrogen-bond donors (Lipinski definition) is 0. The quantitative estimate of drug-likeness (QED) is 0.166. The number of hydrogen-bond acceptors (Lipinski definition) is 2. The maximum absolute atomic E-state index is 6.39. The lowest BCUT2D eigenvalue weighted by molar-refractivity contribution is 0.669. The van der Waals surface area contributed by atoms with E-state index in [0.29, 0.717) is 0 Å². The van der Waals surface area contributed by atoms with Crippen LogP contribution in [0.4, 0.5) is 17.1 Å². The van der Waals surface area contributed by atoms with E-state index in [1.54, 1.807) is 0 Å². The fourth-order valence-electron chi connectivity index (χ4n) is 7.98. The van der Waals surface area contributed by atoms with E-state index in [4.69, 9.17) is 4.42 Å². The minimum absolute atomic E-state index is 0.868. The fraction of sp³-hybridized carbons (Fsp3) is 0. The van der Waals surface area contributed by atoms with Crippen molar-refractivity contribution in [3.63, 3.8) is 0 Å². The van der Waals surface area contributed by atoms with Crippen LogP contribution in [0.25, 0.3) is 77.2 Å². The van der Waals surface area contributed by atoms with Gasteiger partial charge < -0.3 is 9.32 Å². The first-order chi connectivity index (χ1) is 26.8. The molecule has 0 bridgehead atoms. The van der Waals surface area contributed by atoms with Crippen molar-refractivity contribution in [1.82, 2.24) is 0 Å². The van der Waals surface area contributed by atoms with Crippen LogP contribution in [0.15, 0.2) is 217 Å². The molecule has 0 N–H and O–H groups in total. The van der Waals surface area contributed by atoms with Gasteiger partial charge in [0.25, 0.3) is 0 Å². The molecular weight excluding hydrogens is 655 g/mol. The lowest BCUT2D eigenvalue weighted by Gasteiger charge is -2.27. The lowest BCUT2D eigenvalue weighted by Crippen LogP contribution is -2.10. The monoisotopic (exact) mass is 689 g/mol. The second-order valence-electron chi connectivity index (χ2n) is 13.7. The molecule has 1 aromatic heterocycles. The third kappa shape index (κ3) is 5.53. The molecule has 2 heteroatoms. The average Bonchev–Trinajstić information content (AvgIpc) is 3.64. The Morgan fingerprint density at radius 3 is 1.52 bits per heavy atom. The average molecular weight is 690 g/mol. The van der Waals surface area contributed by atoms with Crippen LogP contribution in [0, 0.1) is 0 Å². The molecular formula is C52H35NO. The molecule has 54 heavy (non-hydrogen) atoms. The highest BCUT2D eigenvalue weighted by atomic mass is 16.3. The van der Waals surface area contributed by atoms with Gasteiger partial charge in [0.15, 0.2) is 0 Å². The van der Waals surface area contributed by atoms with Crippen LogP contribution < -0.4 is 4.90 Å². The Hall–Kier alpha value is -7.16. The van der Waals surface area contributed by atoms with Gasteiger partial charge in [-0.3, -0.25) is 0 Å². The SMILES string of the molecule is c1ccc(-c2ccccc2-c2ccc(N(c3ccc(-c4ccc5ccccc5c4-c4ccccc4)cc3)c3cccc4oc5ccccc5c34)cc2)cc1. The van der Waals surface area contributed by atoms with Crippen molar-refractivity contribution >= 4 is 49.8 Å². The van der Waals surface area contributed by atoms with E-state index in [-0.39, 0.29) is 0 Å². The summed E-state index contributed by atoms with van der Waals surface area (Å²) in [6, 6.07) is 75.8. The lowest BCUT2D eigenvalue weighted by atomic mass is 9.90. The third-order valence-corrected chi connectivity index (χ3v) is 10.5. The molecule has 0 aliphatic rings. The molecule has 1 heterocycles. The van der Waals surface area contributed by atoms with Crippen LogP contribution in [-0.4, -0.2) is 0 Å². The molecule has 0 aliphatic heterocycles.